The summed E-state index contributed by atoms with van der Waals surface area (Å²) in [4.78, 5) is 17.9. The van der Waals surface area contributed by atoms with Crippen LogP contribution in [0.25, 0.3) is 22.3 Å². The van der Waals surface area contributed by atoms with Gasteiger partial charge in [0.05, 0.1) is 30.0 Å². The van der Waals surface area contributed by atoms with E-state index in [0.29, 0.717) is 11.6 Å². The van der Waals surface area contributed by atoms with Gasteiger partial charge >= 0.3 is 18.9 Å². The topological polar surface area (TPSA) is 80.9 Å². The quantitative estimate of drug-likeness (QED) is 0.149. The summed E-state index contributed by atoms with van der Waals surface area (Å²) in [6.07, 6.45) is 0. The van der Waals surface area contributed by atoms with Crippen molar-refractivity contribution in [3.8, 4) is 22.3 Å². The molecule has 8 aromatic rings. The van der Waals surface area contributed by atoms with Gasteiger partial charge in [0.2, 0.25) is 0 Å². The summed E-state index contributed by atoms with van der Waals surface area (Å²) in [5, 5.41) is 24.1. The molecular formula is C50H49AlLiN6OS2. The minimum absolute atomic E-state index is 0. The molecule has 2 N–H and O–H groups in total. The van der Waals surface area contributed by atoms with Crippen molar-refractivity contribution in [2.24, 2.45) is 0 Å². The van der Waals surface area contributed by atoms with Gasteiger partial charge in [0.1, 0.15) is 0 Å². The number of aryl methyl sites for hydroxylation is 2. The van der Waals surface area contributed by atoms with Crippen molar-refractivity contribution in [2.75, 3.05) is 9.80 Å². The number of carbonyl (C=O) groups excluding carboxylic acids is 1. The van der Waals surface area contributed by atoms with Crippen molar-refractivity contribution >= 4 is 57.3 Å². The number of amides is 1. The average molecular weight is 848 g/mol. The third-order valence-corrected chi connectivity index (χ3v) is 13.1. The maximum absolute atomic E-state index is 13.5. The van der Waals surface area contributed by atoms with E-state index in [2.05, 4.69) is 173 Å². The van der Waals surface area contributed by atoms with Crippen LogP contribution in [0.4, 0.5) is 11.4 Å². The van der Waals surface area contributed by atoms with Crippen LogP contribution >= 0.6 is 22.7 Å². The molecule has 4 aromatic heterocycles. The molecule has 0 spiro atoms. The van der Waals surface area contributed by atoms with Crippen LogP contribution < -0.4 is 28.7 Å². The first-order valence-corrected chi connectivity index (χ1v) is 22.2. The Kier molecular flexibility index (Phi) is 13.5. The number of nitrogens with one attached hydrogen (secondary N) is 2. The van der Waals surface area contributed by atoms with Crippen LogP contribution in [-0.2, 0) is 6.54 Å². The van der Waals surface area contributed by atoms with Crippen molar-refractivity contribution in [3.63, 3.8) is 0 Å². The Morgan fingerprint density at radius 2 is 1.18 bits per heavy atom. The Bertz CT molecular complexity index is 2730. The van der Waals surface area contributed by atoms with E-state index < -0.39 is 0 Å². The van der Waals surface area contributed by atoms with E-state index in [-0.39, 0.29) is 61.6 Å². The van der Waals surface area contributed by atoms with E-state index >= 15 is 0 Å². The van der Waals surface area contributed by atoms with Crippen LogP contribution in [0.1, 0.15) is 114 Å². The van der Waals surface area contributed by atoms with E-state index in [4.69, 9.17) is 0 Å². The predicted molar refractivity (Wildman–Crippen MR) is 251 cm³/mol. The van der Waals surface area contributed by atoms with Gasteiger partial charge in [-0.3, -0.25) is 19.9 Å². The molecule has 61 heavy (non-hydrogen) atoms. The van der Waals surface area contributed by atoms with Crippen LogP contribution in [0.3, 0.4) is 0 Å². The van der Waals surface area contributed by atoms with Gasteiger partial charge in [-0.25, -0.2) is 0 Å². The smallest absolute Gasteiger partial charge is 1.00 e. The van der Waals surface area contributed by atoms with Crippen LogP contribution in [-0.4, -0.2) is 43.7 Å². The van der Waals surface area contributed by atoms with Crippen molar-refractivity contribution in [3.05, 3.63) is 187 Å². The fourth-order valence-corrected chi connectivity index (χ4v) is 10.0. The first-order valence-electron chi connectivity index (χ1n) is 20.3. The predicted octanol–water partition coefficient (Wildman–Crippen LogP) is 9.74. The fourth-order valence-electron chi connectivity index (χ4n) is 8.72. The second-order valence-corrected chi connectivity index (χ2v) is 17.7. The zero-order valence-corrected chi connectivity index (χ0v) is 38.6. The molecule has 2 aliphatic heterocycles. The normalized spacial score (nSPS) is 15.3. The van der Waals surface area contributed by atoms with Crippen LogP contribution in [0, 0.1) is 13.8 Å². The summed E-state index contributed by atoms with van der Waals surface area (Å²) < 4.78 is 0. The summed E-state index contributed by atoms with van der Waals surface area (Å²) in [6.45, 7) is 13.9. The Morgan fingerprint density at radius 1 is 0.639 bits per heavy atom. The molecular weight excluding hydrogens is 799 g/mol. The number of aromatic amines is 2. The van der Waals surface area contributed by atoms with E-state index in [1.807, 2.05) is 29.2 Å². The molecule has 1 amide bonds. The van der Waals surface area contributed by atoms with Crippen molar-refractivity contribution in [2.45, 2.75) is 72.0 Å². The van der Waals surface area contributed by atoms with E-state index in [0.717, 1.165) is 34.6 Å². The zero-order valence-electron chi connectivity index (χ0n) is 36.8. The molecule has 4 aromatic carbocycles. The van der Waals surface area contributed by atoms with Crippen LogP contribution in [0.2, 0.25) is 0 Å². The number of H-pyrrole nitrogens is 2. The zero-order chi connectivity index (χ0) is 40.8. The minimum atomic E-state index is -0.183. The van der Waals surface area contributed by atoms with E-state index in [9.17, 15) is 4.79 Å². The maximum Gasteiger partial charge on any atom is 1.00 e. The van der Waals surface area contributed by atoms with Gasteiger partial charge in [-0.15, -0.1) is 0 Å². The molecule has 0 fully saturated rings. The average Bonchev–Trinajstić information content (AvgIpc) is 4.10. The van der Waals surface area contributed by atoms with Crippen molar-refractivity contribution < 1.29 is 25.1 Å². The summed E-state index contributed by atoms with van der Waals surface area (Å²) in [5.74, 6) is 0.591. The standard InChI is InChI=1S/C25H23N3OS.C25H25N3S.Al.Li.H/c1-15(2)22-21-23(27-26-22)25(29)28(24(21)20-7-5-4-6-16(20)3)19-10-8-17(9-11-19)18-12-13-30-14-18;1-16(2)24-23-22(26-27-24)14-28(25(23)21-7-5-4-6-17(21)3)20-10-8-18(9-11-20)19-12-13-29-15-19;;;/h4-15,24H,1-3H3,(H,26,27);4-13,15-16,25H,14H2,1-3H3,(H,26,27);;;/q;;;+1;-1. The summed E-state index contributed by atoms with van der Waals surface area (Å²) in [5.41, 5.74) is 18.4. The Morgan fingerprint density at radius 3 is 1.69 bits per heavy atom. The molecule has 3 radical (unpaired) electrons. The van der Waals surface area contributed by atoms with Gasteiger partial charge in [-0.1, -0.05) is 100 Å². The number of nitrogens with zero attached hydrogens (tertiary/aromatic N) is 4. The number of thiophene rings is 2. The molecule has 301 valence electrons. The molecule has 2 aliphatic rings. The van der Waals surface area contributed by atoms with Gasteiger partial charge in [0.25, 0.3) is 5.91 Å². The molecule has 10 rings (SSSR count). The second kappa shape index (κ2) is 18.6. The number of fused-ring (bicyclic) bond motifs is 2. The number of hydrogen-bond acceptors (Lipinski definition) is 6. The van der Waals surface area contributed by atoms with Crippen molar-refractivity contribution in [1.29, 1.82) is 0 Å². The van der Waals surface area contributed by atoms with Crippen LogP contribution in [0.5, 0.6) is 0 Å². The molecule has 0 saturated carbocycles. The largest absolute Gasteiger partial charge is 1.00 e. The third-order valence-electron chi connectivity index (χ3n) is 11.8. The summed E-state index contributed by atoms with van der Waals surface area (Å²) >= 11 is 3.42. The fraction of sp³-hybridized carbons (Fsp3) is 0.220. The first kappa shape index (κ1) is 44.2. The number of hydrogen-bond donors (Lipinski definition) is 2. The number of rotatable bonds is 8. The molecule has 6 heterocycles. The summed E-state index contributed by atoms with van der Waals surface area (Å²) in [6, 6.07) is 38.6. The van der Waals surface area contributed by atoms with Gasteiger partial charge in [0, 0.05) is 45.6 Å². The van der Waals surface area contributed by atoms with Gasteiger partial charge in [-0.05, 0) is 128 Å². The first-order chi connectivity index (χ1) is 28.7. The van der Waals surface area contributed by atoms with Gasteiger partial charge in [0.15, 0.2) is 5.69 Å². The summed E-state index contributed by atoms with van der Waals surface area (Å²) in [7, 11) is 0. The molecule has 0 saturated heterocycles. The number of aromatic nitrogens is 4. The van der Waals surface area contributed by atoms with Crippen LogP contribution in [0.15, 0.2) is 131 Å². The minimum Gasteiger partial charge on any atom is -1.00 e. The third kappa shape index (κ3) is 8.27. The molecule has 11 heteroatoms. The monoisotopic (exact) mass is 847 g/mol. The number of anilines is 2. The van der Waals surface area contributed by atoms with E-state index in [1.165, 1.54) is 56.0 Å². The molecule has 2 unspecified atom stereocenters. The Balaban J connectivity index is 0.000000197. The Labute approximate surface area is 391 Å². The number of carbonyl (C=O) groups is 1. The maximum atomic E-state index is 13.5. The van der Waals surface area contributed by atoms with E-state index in [1.54, 1.807) is 22.7 Å². The van der Waals surface area contributed by atoms with Gasteiger partial charge < -0.3 is 6.33 Å². The molecule has 0 aliphatic carbocycles. The molecule has 0 bridgehead atoms. The van der Waals surface area contributed by atoms with Crippen molar-refractivity contribution in [1.82, 2.24) is 20.4 Å². The molecule has 7 nitrogen and oxygen atoms in total. The Hall–Kier alpha value is -4.90. The molecule has 2 atom stereocenters. The number of benzene rings is 4. The second-order valence-electron chi connectivity index (χ2n) is 16.1. The van der Waals surface area contributed by atoms with Gasteiger partial charge in [-0.2, -0.15) is 32.9 Å². The SMILES string of the molecule is Cc1ccccc1C1c2c(C(C)C)n[nH]c2CN1c1ccc(-c2ccsc2)cc1.Cc1ccccc1C1c2c(n[nH]c2C(C)C)C(=O)N1c1ccc(-c2ccsc2)cc1.[Al].[H-].[Li+].